The molecule has 1 amide bonds. The van der Waals surface area contributed by atoms with Crippen LogP contribution in [0.15, 0.2) is 42.0 Å². The van der Waals surface area contributed by atoms with Gasteiger partial charge in [0, 0.05) is 57.5 Å². The van der Waals surface area contributed by atoms with Crippen molar-refractivity contribution in [3.8, 4) is 0 Å². The van der Waals surface area contributed by atoms with Crippen LogP contribution in [0.2, 0.25) is 0 Å². The minimum Gasteiger partial charge on any atom is -0.368 e. The zero-order valence-corrected chi connectivity index (χ0v) is 17.9. The second-order valence-electron chi connectivity index (χ2n) is 7.15. The van der Waals surface area contributed by atoms with Crippen LogP contribution in [0.25, 0.3) is 0 Å². The first-order valence-corrected chi connectivity index (χ1v) is 10.8. The van der Waals surface area contributed by atoms with Crippen LogP contribution in [-0.4, -0.2) is 59.0 Å². The molecule has 3 aromatic heterocycles. The number of carbonyl (C=O) groups excluding carboxylic acids is 1. The largest absolute Gasteiger partial charge is 0.368 e. The summed E-state index contributed by atoms with van der Waals surface area (Å²) < 4.78 is 0. The number of piperazine rings is 1. The van der Waals surface area contributed by atoms with Gasteiger partial charge in [-0.15, -0.1) is 11.3 Å². The molecule has 1 aliphatic heterocycles. The minimum absolute atomic E-state index is 0.157. The minimum atomic E-state index is -0.157. The highest BCUT2D eigenvalue weighted by atomic mass is 32.1. The Labute approximate surface area is 180 Å². The molecule has 4 heterocycles. The second kappa shape index (κ2) is 9.19. The van der Waals surface area contributed by atoms with Crippen LogP contribution in [0, 0.1) is 6.92 Å². The first-order chi connectivity index (χ1) is 14.6. The summed E-state index contributed by atoms with van der Waals surface area (Å²) in [6.07, 6.45) is 3.62. The van der Waals surface area contributed by atoms with E-state index in [9.17, 15) is 4.79 Å². The van der Waals surface area contributed by atoms with Gasteiger partial charge in [0.15, 0.2) is 5.13 Å². The number of aryl methyl sites for hydroxylation is 1. The molecule has 0 aromatic carbocycles. The van der Waals surface area contributed by atoms with Gasteiger partial charge in [0.2, 0.25) is 0 Å². The van der Waals surface area contributed by atoms with E-state index in [0.717, 1.165) is 55.1 Å². The Morgan fingerprint density at radius 2 is 1.97 bits per heavy atom. The van der Waals surface area contributed by atoms with E-state index >= 15 is 0 Å². The number of nitrogens with one attached hydrogen (secondary N) is 2. The standard InChI is InChI=1S/C21H25N7OS/c1-15-18(4-3-17(25-15)20(29)22-2)28-10-8-27(9-11-28)14-16-5-6-23-19(13-16)26-21-24-7-12-30-21/h3-7,12-13H,8-11,14H2,1-2H3,(H,22,29)(H,23,24,26). The Balaban J connectivity index is 1.34. The number of nitrogens with zero attached hydrogens (tertiary/aromatic N) is 5. The van der Waals surface area contributed by atoms with Gasteiger partial charge in [-0.25, -0.2) is 15.0 Å². The number of pyridine rings is 2. The summed E-state index contributed by atoms with van der Waals surface area (Å²) in [5.41, 5.74) is 3.67. The van der Waals surface area contributed by atoms with Crippen LogP contribution in [0.1, 0.15) is 21.7 Å². The predicted octanol–water partition coefficient (Wildman–Crippen LogP) is 2.67. The van der Waals surface area contributed by atoms with Gasteiger partial charge < -0.3 is 15.5 Å². The lowest BCUT2D eigenvalue weighted by molar-refractivity contribution is 0.0958. The Bertz CT molecular complexity index is 1000. The Hall–Kier alpha value is -3.04. The number of anilines is 3. The molecule has 1 fully saturated rings. The van der Waals surface area contributed by atoms with Crippen LogP contribution in [0.5, 0.6) is 0 Å². The van der Waals surface area contributed by atoms with Crippen LogP contribution in [0.3, 0.4) is 0 Å². The van der Waals surface area contributed by atoms with Crippen molar-refractivity contribution >= 4 is 33.9 Å². The molecular formula is C21H25N7OS. The third kappa shape index (κ3) is 4.74. The van der Waals surface area contributed by atoms with E-state index in [0.29, 0.717) is 5.69 Å². The molecule has 0 spiro atoms. The SMILES string of the molecule is CNC(=O)c1ccc(N2CCN(Cc3ccnc(Nc4nccs4)c3)CC2)c(C)n1. The highest BCUT2D eigenvalue weighted by molar-refractivity contribution is 7.13. The molecule has 9 heteroatoms. The summed E-state index contributed by atoms with van der Waals surface area (Å²) >= 11 is 1.56. The van der Waals surface area contributed by atoms with Gasteiger partial charge in [-0.05, 0) is 36.8 Å². The maximum absolute atomic E-state index is 11.8. The lowest BCUT2D eigenvalue weighted by Gasteiger charge is -2.36. The number of aromatic nitrogens is 3. The maximum atomic E-state index is 11.8. The van der Waals surface area contributed by atoms with Crippen molar-refractivity contribution in [2.45, 2.75) is 13.5 Å². The summed E-state index contributed by atoms with van der Waals surface area (Å²) in [4.78, 5) is 29.7. The number of carbonyl (C=O) groups is 1. The summed E-state index contributed by atoms with van der Waals surface area (Å²) in [5, 5.41) is 8.65. The molecule has 2 N–H and O–H groups in total. The van der Waals surface area contributed by atoms with Crippen molar-refractivity contribution in [2.75, 3.05) is 43.4 Å². The first-order valence-electron chi connectivity index (χ1n) is 9.91. The maximum Gasteiger partial charge on any atom is 0.269 e. The predicted molar refractivity (Wildman–Crippen MR) is 119 cm³/mol. The fourth-order valence-corrected chi connectivity index (χ4v) is 4.12. The van der Waals surface area contributed by atoms with Crippen molar-refractivity contribution in [2.24, 2.45) is 0 Å². The molecule has 4 rings (SSSR count). The summed E-state index contributed by atoms with van der Waals surface area (Å²) in [6, 6.07) is 7.94. The van der Waals surface area contributed by atoms with Crippen LogP contribution >= 0.6 is 11.3 Å². The quantitative estimate of drug-likeness (QED) is 0.630. The third-order valence-corrected chi connectivity index (χ3v) is 5.82. The first kappa shape index (κ1) is 20.2. The van der Waals surface area contributed by atoms with Crippen molar-refractivity contribution < 1.29 is 4.79 Å². The van der Waals surface area contributed by atoms with Gasteiger partial charge in [0.05, 0.1) is 11.4 Å². The third-order valence-electron chi connectivity index (χ3n) is 5.13. The highest BCUT2D eigenvalue weighted by Crippen LogP contribution is 2.22. The molecule has 0 bridgehead atoms. The topological polar surface area (TPSA) is 86.3 Å². The summed E-state index contributed by atoms with van der Waals surface area (Å²) in [6.45, 7) is 6.63. The molecule has 1 aliphatic rings. The number of hydrogen-bond acceptors (Lipinski definition) is 8. The van der Waals surface area contributed by atoms with E-state index in [1.165, 1.54) is 5.56 Å². The molecule has 8 nitrogen and oxygen atoms in total. The molecule has 0 saturated carbocycles. The van der Waals surface area contributed by atoms with Gasteiger partial charge in [-0.3, -0.25) is 9.69 Å². The number of amides is 1. The van der Waals surface area contributed by atoms with E-state index < -0.39 is 0 Å². The van der Waals surface area contributed by atoms with E-state index in [1.54, 1.807) is 30.6 Å². The van der Waals surface area contributed by atoms with Crippen molar-refractivity contribution in [3.05, 3.63) is 59.0 Å². The Kier molecular flexibility index (Phi) is 6.20. The lowest BCUT2D eigenvalue weighted by atomic mass is 10.2. The summed E-state index contributed by atoms with van der Waals surface area (Å²) in [5.74, 6) is 0.662. The molecule has 0 radical (unpaired) electrons. The lowest BCUT2D eigenvalue weighted by Crippen LogP contribution is -2.46. The molecule has 0 atom stereocenters. The molecule has 3 aromatic rings. The highest BCUT2D eigenvalue weighted by Gasteiger charge is 2.20. The monoisotopic (exact) mass is 423 g/mol. The molecule has 0 unspecified atom stereocenters. The van der Waals surface area contributed by atoms with E-state index in [1.807, 2.05) is 24.6 Å². The van der Waals surface area contributed by atoms with Gasteiger partial charge in [0.25, 0.3) is 5.91 Å². The van der Waals surface area contributed by atoms with Gasteiger partial charge in [0.1, 0.15) is 11.5 Å². The van der Waals surface area contributed by atoms with Crippen LogP contribution < -0.4 is 15.5 Å². The number of rotatable bonds is 6. The van der Waals surface area contributed by atoms with Crippen LogP contribution in [-0.2, 0) is 6.54 Å². The Morgan fingerprint density at radius 3 is 2.67 bits per heavy atom. The molecular weight excluding hydrogens is 398 g/mol. The normalized spacial score (nSPS) is 14.5. The second-order valence-corrected chi connectivity index (χ2v) is 8.05. The molecule has 0 aliphatic carbocycles. The zero-order valence-electron chi connectivity index (χ0n) is 17.1. The van der Waals surface area contributed by atoms with E-state index in [-0.39, 0.29) is 5.91 Å². The average Bonchev–Trinajstić information content (AvgIpc) is 3.27. The van der Waals surface area contributed by atoms with Gasteiger partial charge in [-0.2, -0.15) is 0 Å². The molecule has 156 valence electrons. The average molecular weight is 424 g/mol. The van der Waals surface area contributed by atoms with Crippen LogP contribution in [0.4, 0.5) is 16.6 Å². The van der Waals surface area contributed by atoms with Gasteiger partial charge >= 0.3 is 0 Å². The van der Waals surface area contributed by atoms with Crippen molar-refractivity contribution in [1.29, 1.82) is 0 Å². The van der Waals surface area contributed by atoms with Crippen molar-refractivity contribution in [1.82, 2.24) is 25.2 Å². The molecule has 1 saturated heterocycles. The zero-order chi connectivity index (χ0) is 20.9. The Morgan fingerprint density at radius 1 is 1.13 bits per heavy atom. The van der Waals surface area contributed by atoms with Gasteiger partial charge in [-0.1, -0.05) is 0 Å². The van der Waals surface area contributed by atoms with E-state index in [2.05, 4.69) is 47.5 Å². The molecule has 30 heavy (non-hydrogen) atoms. The van der Waals surface area contributed by atoms with E-state index in [4.69, 9.17) is 0 Å². The van der Waals surface area contributed by atoms with Crippen molar-refractivity contribution in [3.63, 3.8) is 0 Å². The summed E-state index contributed by atoms with van der Waals surface area (Å²) in [7, 11) is 1.62. The smallest absolute Gasteiger partial charge is 0.269 e. The fraction of sp³-hybridized carbons (Fsp3) is 0.333. The fourth-order valence-electron chi connectivity index (χ4n) is 3.58. The number of thiazole rings is 1. The number of hydrogen-bond donors (Lipinski definition) is 2.